The number of carboxylic acids is 1. The summed E-state index contributed by atoms with van der Waals surface area (Å²) in [6.07, 6.45) is 0.765. The average Bonchev–Trinajstić information content (AvgIpc) is 2.26. The van der Waals surface area contributed by atoms with E-state index in [-0.39, 0.29) is 5.69 Å². The van der Waals surface area contributed by atoms with Crippen LogP contribution in [0.25, 0.3) is 10.9 Å². The maximum Gasteiger partial charge on any atom is 0.354 e. The van der Waals surface area contributed by atoms with Gasteiger partial charge in [0.1, 0.15) is 5.69 Å². The molecule has 1 N–H and O–H groups in total. The number of benzene rings is 1. The summed E-state index contributed by atoms with van der Waals surface area (Å²) in [5.74, 6) is -1.02. The maximum atomic E-state index is 10.9. The van der Waals surface area contributed by atoms with E-state index < -0.39 is 5.97 Å². The molecule has 0 fully saturated rings. The first kappa shape index (κ1) is 10.9. The third-order valence-electron chi connectivity index (χ3n) is 2.46. The van der Waals surface area contributed by atoms with Gasteiger partial charge in [-0.1, -0.05) is 24.6 Å². The molecular formula is C12H10ClNO2. The Kier molecular flexibility index (Phi) is 2.79. The first-order chi connectivity index (χ1) is 7.61. The van der Waals surface area contributed by atoms with Gasteiger partial charge in [-0.3, -0.25) is 0 Å². The molecule has 4 heteroatoms. The Balaban J connectivity index is 2.78. The lowest BCUT2D eigenvalue weighted by Gasteiger charge is -2.05. The van der Waals surface area contributed by atoms with E-state index in [1.165, 1.54) is 0 Å². The predicted molar refractivity (Wildman–Crippen MR) is 63.1 cm³/mol. The van der Waals surface area contributed by atoms with E-state index in [9.17, 15) is 4.79 Å². The van der Waals surface area contributed by atoms with E-state index in [1.54, 1.807) is 18.2 Å². The molecule has 0 bridgehead atoms. The molecule has 1 aromatic heterocycles. The minimum atomic E-state index is -1.02. The van der Waals surface area contributed by atoms with Gasteiger partial charge in [-0.25, -0.2) is 9.78 Å². The number of aromatic carboxylic acids is 1. The van der Waals surface area contributed by atoms with Crippen LogP contribution in [0.5, 0.6) is 0 Å². The summed E-state index contributed by atoms with van der Waals surface area (Å²) in [7, 11) is 0. The third kappa shape index (κ3) is 1.86. The highest BCUT2D eigenvalue weighted by molar-refractivity contribution is 6.31. The summed E-state index contributed by atoms with van der Waals surface area (Å²) in [4.78, 5) is 15.0. The van der Waals surface area contributed by atoms with Crippen LogP contribution in [0.2, 0.25) is 5.02 Å². The molecule has 0 radical (unpaired) electrons. The summed E-state index contributed by atoms with van der Waals surface area (Å²) < 4.78 is 0. The van der Waals surface area contributed by atoms with E-state index in [0.29, 0.717) is 10.5 Å². The summed E-state index contributed by atoms with van der Waals surface area (Å²) in [5, 5.41) is 10.5. The lowest BCUT2D eigenvalue weighted by molar-refractivity contribution is 0.0691. The molecular weight excluding hydrogens is 226 g/mol. The van der Waals surface area contributed by atoms with Crippen molar-refractivity contribution in [3.8, 4) is 0 Å². The number of nitrogens with zero attached hydrogens (tertiary/aromatic N) is 1. The zero-order valence-electron chi connectivity index (χ0n) is 8.70. The standard InChI is InChI=1S/C12H10ClNO2/c1-2-7-5-11(12(15)16)14-10-6-8(13)3-4-9(7)10/h3-6H,2H2,1H3,(H,15,16). The predicted octanol–water partition coefficient (Wildman–Crippen LogP) is 3.15. The van der Waals surface area contributed by atoms with Crippen molar-refractivity contribution in [3.05, 3.63) is 40.5 Å². The molecule has 0 unspecified atom stereocenters. The number of carboxylic acid groups (broad SMARTS) is 1. The normalized spacial score (nSPS) is 10.6. The van der Waals surface area contributed by atoms with Gasteiger partial charge in [0.05, 0.1) is 5.52 Å². The van der Waals surface area contributed by atoms with Crippen molar-refractivity contribution in [2.24, 2.45) is 0 Å². The maximum absolute atomic E-state index is 10.9. The van der Waals surface area contributed by atoms with Crippen LogP contribution in [-0.4, -0.2) is 16.1 Å². The summed E-state index contributed by atoms with van der Waals surface area (Å²) in [6.45, 7) is 1.98. The number of fused-ring (bicyclic) bond motifs is 1. The van der Waals surface area contributed by atoms with Crippen molar-refractivity contribution in [1.82, 2.24) is 4.98 Å². The van der Waals surface area contributed by atoms with Crippen molar-refractivity contribution < 1.29 is 9.90 Å². The van der Waals surface area contributed by atoms with Gasteiger partial charge < -0.3 is 5.11 Å². The number of aromatic nitrogens is 1. The number of aryl methyl sites for hydroxylation is 1. The SMILES string of the molecule is CCc1cc(C(=O)O)nc2cc(Cl)ccc12. The molecule has 0 saturated heterocycles. The molecule has 3 nitrogen and oxygen atoms in total. The summed E-state index contributed by atoms with van der Waals surface area (Å²) in [6, 6.07) is 6.95. The fraction of sp³-hybridized carbons (Fsp3) is 0.167. The van der Waals surface area contributed by atoms with Crippen LogP contribution in [0.1, 0.15) is 23.0 Å². The van der Waals surface area contributed by atoms with Gasteiger partial charge in [0.2, 0.25) is 0 Å². The van der Waals surface area contributed by atoms with E-state index in [2.05, 4.69) is 4.98 Å². The van der Waals surface area contributed by atoms with Crippen molar-refractivity contribution in [2.75, 3.05) is 0 Å². The molecule has 0 aliphatic carbocycles. The zero-order valence-corrected chi connectivity index (χ0v) is 9.45. The average molecular weight is 236 g/mol. The van der Waals surface area contributed by atoms with Crippen LogP contribution in [0.15, 0.2) is 24.3 Å². The van der Waals surface area contributed by atoms with E-state index in [0.717, 1.165) is 17.4 Å². The van der Waals surface area contributed by atoms with Gasteiger partial charge in [-0.2, -0.15) is 0 Å². The molecule has 2 rings (SSSR count). The van der Waals surface area contributed by atoms with Crippen molar-refractivity contribution in [3.63, 3.8) is 0 Å². The van der Waals surface area contributed by atoms with Crippen LogP contribution in [0, 0.1) is 0 Å². The highest BCUT2D eigenvalue weighted by Gasteiger charge is 2.09. The fourth-order valence-corrected chi connectivity index (χ4v) is 1.84. The van der Waals surface area contributed by atoms with Gasteiger partial charge in [0.25, 0.3) is 0 Å². The second-order valence-corrected chi connectivity index (χ2v) is 3.92. The Bertz CT molecular complexity index is 566. The third-order valence-corrected chi connectivity index (χ3v) is 2.69. The molecule has 0 aliphatic rings. The molecule has 2 aromatic rings. The monoisotopic (exact) mass is 235 g/mol. The summed E-state index contributed by atoms with van der Waals surface area (Å²) in [5.41, 5.74) is 1.66. The fourth-order valence-electron chi connectivity index (χ4n) is 1.68. The molecule has 0 atom stereocenters. The topological polar surface area (TPSA) is 50.2 Å². The van der Waals surface area contributed by atoms with Gasteiger partial charge in [0, 0.05) is 10.4 Å². The number of carbonyl (C=O) groups is 1. The molecule has 1 heterocycles. The first-order valence-electron chi connectivity index (χ1n) is 4.94. The molecule has 0 spiro atoms. The van der Waals surface area contributed by atoms with Gasteiger partial charge >= 0.3 is 5.97 Å². The number of hydrogen-bond acceptors (Lipinski definition) is 2. The highest BCUT2D eigenvalue weighted by Crippen LogP contribution is 2.22. The largest absolute Gasteiger partial charge is 0.477 e. The molecule has 82 valence electrons. The number of hydrogen-bond donors (Lipinski definition) is 1. The second-order valence-electron chi connectivity index (χ2n) is 3.49. The van der Waals surface area contributed by atoms with Gasteiger partial charge in [-0.15, -0.1) is 0 Å². The second kappa shape index (κ2) is 4.10. The van der Waals surface area contributed by atoms with Crippen LogP contribution in [0.4, 0.5) is 0 Å². The number of halogens is 1. The van der Waals surface area contributed by atoms with E-state index in [4.69, 9.17) is 16.7 Å². The molecule has 1 aromatic carbocycles. The van der Waals surface area contributed by atoms with Crippen LogP contribution >= 0.6 is 11.6 Å². The Morgan fingerprint density at radius 2 is 2.19 bits per heavy atom. The highest BCUT2D eigenvalue weighted by atomic mass is 35.5. The Morgan fingerprint density at radius 3 is 2.81 bits per heavy atom. The lowest BCUT2D eigenvalue weighted by atomic mass is 10.1. The minimum absolute atomic E-state index is 0.0617. The number of pyridine rings is 1. The number of rotatable bonds is 2. The molecule has 16 heavy (non-hydrogen) atoms. The van der Waals surface area contributed by atoms with E-state index >= 15 is 0 Å². The first-order valence-corrected chi connectivity index (χ1v) is 5.32. The summed E-state index contributed by atoms with van der Waals surface area (Å²) >= 11 is 5.86. The van der Waals surface area contributed by atoms with Crippen LogP contribution in [-0.2, 0) is 6.42 Å². The van der Waals surface area contributed by atoms with Crippen molar-refractivity contribution in [2.45, 2.75) is 13.3 Å². The van der Waals surface area contributed by atoms with Gasteiger partial charge in [-0.05, 0) is 30.2 Å². The van der Waals surface area contributed by atoms with E-state index in [1.807, 2.05) is 13.0 Å². The Morgan fingerprint density at radius 1 is 1.44 bits per heavy atom. The quantitative estimate of drug-likeness (QED) is 0.870. The molecule has 0 aliphatic heterocycles. The van der Waals surface area contributed by atoms with Crippen molar-refractivity contribution in [1.29, 1.82) is 0 Å². The molecule has 0 saturated carbocycles. The van der Waals surface area contributed by atoms with Crippen molar-refractivity contribution >= 4 is 28.5 Å². The lowest BCUT2D eigenvalue weighted by Crippen LogP contribution is -2.02. The van der Waals surface area contributed by atoms with Gasteiger partial charge in [0.15, 0.2) is 0 Å². The minimum Gasteiger partial charge on any atom is -0.477 e. The van der Waals surface area contributed by atoms with Crippen LogP contribution < -0.4 is 0 Å². The zero-order chi connectivity index (χ0) is 11.7. The Labute approximate surface area is 97.7 Å². The molecule has 0 amide bonds. The smallest absolute Gasteiger partial charge is 0.354 e. The Hall–Kier alpha value is -1.61. The van der Waals surface area contributed by atoms with Crippen LogP contribution in [0.3, 0.4) is 0 Å².